The molecule has 0 aliphatic heterocycles. The standard InChI is InChI=1S/C21H19F3N6O/c1-12-15(13(2)29(3)27-12)11-25-20(31)17-10-19-26-16(14-7-5-4-6-8-14)9-18(21(22,23)24)30(19)28-17/h4-10H,11H2,1-3H3,(H,25,31). The summed E-state index contributed by atoms with van der Waals surface area (Å²) in [4.78, 5) is 16.9. The Hall–Kier alpha value is -3.69. The number of alkyl halides is 3. The normalized spacial score (nSPS) is 11.8. The zero-order valence-corrected chi connectivity index (χ0v) is 17.0. The van der Waals surface area contributed by atoms with E-state index in [1.54, 1.807) is 42.1 Å². The number of hydrogen-bond acceptors (Lipinski definition) is 4. The van der Waals surface area contributed by atoms with Crippen LogP contribution >= 0.6 is 0 Å². The first-order valence-corrected chi connectivity index (χ1v) is 9.46. The summed E-state index contributed by atoms with van der Waals surface area (Å²) >= 11 is 0. The highest BCUT2D eigenvalue weighted by Crippen LogP contribution is 2.32. The van der Waals surface area contributed by atoms with Gasteiger partial charge in [0.2, 0.25) is 0 Å². The molecule has 0 saturated carbocycles. The Balaban J connectivity index is 1.70. The fraction of sp³-hybridized carbons (Fsp3) is 0.238. The second-order valence-electron chi connectivity index (χ2n) is 7.15. The Labute approximate surface area is 175 Å². The smallest absolute Gasteiger partial charge is 0.346 e. The molecule has 31 heavy (non-hydrogen) atoms. The summed E-state index contributed by atoms with van der Waals surface area (Å²) in [6.07, 6.45) is -4.67. The first-order valence-electron chi connectivity index (χ1n) is 9.46. The number of hydrogen-bond donors (Lipinski definition) is 1. The van der Waals surface area contributed by atoms with Crippen LogP contribution in [0.3, 0.4) is 0 Å². The minimum Gasteiger partial charge on any atom is -0.346 e. The van der Waals surface area contributed by atoms with Crippen molar-refractivity contribution < 1.29 is 18.0 Å². The van der Waals surface area contributed by atoms with Gasteiger partial charge in [-0.25, -0.2) is 9.50 Å². The fourth-order valence-corrected chi connectivity index (χ4v) is 3.38. The van der Waals surface area contributed by atoms with Crippen LogP contribution in [0.4, 0.5) is 13.2 Å². The van der Waals surface area contributed by atoms with E-state index in [1.807, 2.05) is 13.8 Å². The minimum absolute atomic E-state index is 0.0624. The molecule has 4 aromatic rings. The Morgan fingerprint density at radius 1 is 1.10 bits per heavy atom. The van der Waals surface area contributed by atoms with E-state index in [0.717, 1.165) is 23.0 Å². The molecule has 7 nitrogen and oxygen atoms in total. The molecule has 0 radical (unpaired) electrons. The van der Waals surface area contributed by atoms with Gasteiger partial charge in [0, 0.05) is 36.5 Å². The molecule has 0 unspecified atom stereocenters. The van der Waals surface area contributed by atoms with Gasteiger partial charge in [-0.15, -0.1) is 0 Å². The van der Waals surface area contributed by atoms with Crippen LogP contribution < -0.4 is 5.32 Å². The second kappa shape index (κ2) is 7.53. The van der Waals surface area contributed by atoms with Crippen LogP contribution in [0.15, 0.2) is 42.5 Å². The van der Waals surface area contributed by atoms with Gasteiger partial charge in [0.1, 0.15) is 0 Å². The van der Waals surface area contributed by atoms with Gasteiger partial charge >= 0.3 is 6.18 Å². The van der Waals surface area contributed by atoms with E-state index in [1.165, 1.54) is 6.07 Å². The molecule has 0 fully saturated rings. The number of nitrogens with one attached hydrogen (secondary N) is 1. The maximum absolute atomic E-state index is 13.7. The van der Waals surface area contributed by atoms with E-state index in [0.29, 0.717) is 10.1 Å². The molecule has 3 aromatic heterocycles. The van der Waals surface area contributed by atoms with Crippen LogP contribution in [-0.2, 0) is 19.8 Å². The monoisotopic (exact) mass is 428 g/mol. The summed E-state index contributed by atoms with van der Waals surface area (Å²) in [5, 5.41) is 10.9. The molecule has 160 valence electrons. The number of halogens is 3. The topological polar surface area (TPSA) is 77.1 Å². The Morgan fingerprint density at radius 3 is 2.42 bits per heavy atom. The zero-order chi connectivity index (χ0) is 22.3. The number of aromatic nitrogens is 5. The third-order valence-corrected chi connectivity index (χ3v) is 5.10. The molecule has 0 atom stereocenters. The molecule has 3 heterocycles. The summed E-state index contributed by atoms with van der Waals surface area (Å²) in [6, 6.07) is 10.7. The van der Waals surface area contributed by atoms with Crippen molar-refractivity contribution in [2.75, 3.05) is 0 Å². The molecule has 1 aromatic carbocycles. The predicted octanol–water partition coefficient (Wildman–Crippen LogP) is 3.70. The van der Waals surface area contributed by atoms with Gasteiger partial charge < -0.3 is 5.32 Å². The molecule has 0 aliphatic rings. The van der Waals surface area contributed by atoms with E-state index >= 15 is 0 Å². The van der Waals surface area contributed by atoms with Gasteiger partial charge in [-0.2, -0.15) is 23.4 Å². The molecule has 0 saturated heterocycles. The van der Waals surface area contributed by atoms with Crippen molar-refractivity contribution in [3.8, 4) is 11.3 Å². The number of nitrogens with zero attached hydrogens (tertiary/aromatic N) is 5. The zero-order valence-electron chi connectivity index (χ0n) is 17.0. The van der Waals surface area contributed by atoms with E-state index in [-0.39, 0.29) is 23.6 Å². The van der Waals surface area contributed by atoms with E-state index in [2.05, 4.69) is 20.5 Å². The van der Waals surface area contributed by atoms with Gasteiger partial charge in [-0.3, -0.25) is 9.48 Å². The average molecular weight is 428 g/mol. The van der Waals surface area contributed by atoms with Crippen molar-refractivity contribution in [2.45, 2.75) is 26.6 Å². The van der Waals surface area contributed by atoms with E-state index in [9.17, 15) is 18.0 Å². The SMILES string of the molecule is Cc1nn(C)c(C)c1CNC(=O)c1cc2nc(-c3ccccc3)cc(C(F)(F)F)n2n1. The number of rotatable bonds is 4. The molecule has 0 aliphatic carbocycles. The van der Waals surface area contributed by atoms with Crippen LogP contribution in [0.1, 0.15) is 33.1 Å². The van der Waals surface area contributed by atoms with Crippen molar-refractivity contribution in [1.29, 1.82) is 0 Å². The molecule has 1 amide bonds. The van der Waals surface area contributed by atoms with Crippen molar-refractivity contribution in [2.24, 2.45) is 7.05 Å². The Bertz CT molecular complexity index is 1270. The van der Waals surface area contributed by atoms with Crippen molar-refractivity contribution >= 4 is 11.6 Å². The molecular formula is C21H19F3N6O. The van der Waals surface area contributed by atoms with Gasteiger partial charge in [-0.05, 0) is 19.9 Å². The summed E-state index contributed by atoms with van der Waals surface area (Å²) in [5.74, 6) is -0.595. The lowest BCUT2D eigenvalue weighted by molar-refractivity contribution is -0.142. The highest BCUT2D eigenvalue weighted by atomic mass is 19.4. The van der Waals surface area contributed by atoms with Gasteiger partial charge in [0.05, 0.1) is 11.4 Å². The van der Waals surface area contributed by atoms with Gasteiger partial charge in [-0.1, -0.05) is 30.3 Å². The van der Waals surface area contributed by atoms with Crippen LogP contribution in [-0.4, -0.2) is 30.3 Å². The molecule has 0 bridgehead atoms. The summed E-state index contributed by atoms with van der Waals surface area (Å²) in [5.41, 5.74) is 1.97. The van der Waals surface area contributed by atoms with Crippen molar-refractivity contribution in [1.82, 2.24) is 29.7 Å². The van der Waals surface area contributed by atoms with Crippen molar-refractivity contribution in [3.05, 3.63) is 70.8 Å². The van der Waals surface area contributed by atoms with E-state index < -0.39 is 17.8 Å². The lowest BCUT2D eigenvalue weighted by Gasteiger charge is -2.10. The van der Waals surface area contributed by atoms with E-state index in [4.69, 9.17) is 0 Å². The third-order valence-electron chi connectivity index (χ3n) is 5.10. The van der Waals surface area contributed by atoms with Gasteiger partial charge in [0.15, 0.2) is 17.0 Å². The highest BCUT2D eigenvalue weighted by molar-refractivity contribution is 5.93. The van der Waals surface area contributed by atoms with Crippen LogP contribution in [0.25, 0.3) is 16.9 Å². The predicted molar refractivity (Wildman–Crippen MR) is 107 cm³/mol. The summed E-state index contributed by atoms with van der Waals surface area (Å²) in [7, 11) is 1.80. The number of carbonyl (C=O) groups is 1. The van der Waals surface area contributed by atoms with Crippen LogP contribution in [0.5, 0.6) is 0 Å². The first-order chi connectivity index (χ1) is 14.6. The number of fused-ring (bicyclic) bond motifs is 1. The maximum atomic E-state index is 13.7. The lowest BCUT2D eigenvalue weighted by Crippen LogP contribution is -2.24. The maximum Gasteiger partial charge on any atom is 0.433 e. The fourth-order valence-electron chi connectivity index (χ4n) is 3.38. The lowest BCUT2D eigenvalue weighted by atomic mass is 10.1. The number of amides is 1. The molecule has 4 rings (SSSR count). The Kier molecular flexibility index (Phi) is 5.00. The number of benzene rings is 1. The summed E-state index contributed by atoms with van der Waals surface area (Å²) < 4.78 is 43.4. The quantitative estimate of drug-likeness (QED) is 0.538. The molecule has 10 heteroatoms. The number of aryl methyl sites for hydroxylation is 2. The van der Waals surface area contributed by atoms with Crippen LogP contribution in [0, 0.1) is 13.8 Å². The van der Waals surface area contributed by atoms with Crippen molar-refractivity contribution in [3.63, 3.8) is 0 Å². The molecule has 0 spiro atoms. The van der Waals surface area contributed by atoms with Crippen LogP contribution in [0.2, 0.25) is 0 Å². The average Bonchev–Trinajstić information content (AvgIpc) is 3.26. The summed E-state index contributed by atoms with van der Waals surface area (Å²) in [6.45, 7) is 3.88. The Morgan fingerprint density at radius 2 is 1.81 bits per heavy atom. The number of carbonyl (C=O) groups excluding carboxylic acids is 1. The molecular weight excluding hydrogens is 409 g/mol. The van der Waals surface area contributed by atoms with Gasteiger partial charge in [0.25, 0.3) is 5.91 Å². The largest absolute Gasteiger partial charge is 0.433 e. The second-order valence-corrected chi connectivity index (χ2v) is 7.15. The third kappa shape index (κ3) is 3.88. The minimum atomic E-state index is -4.67. The molecule has 1 N–H and O–H groups in total. The first kappa shape index (κ1) is 20.6. The highest BCUT2D eigenvalue weighted by Gasteiger charge is 2.35.